The molecule has 4 rings (SSSR count). The number of carbonyl (C=O) groups excluding carboxylic acids is 1. The standard InChI is InChI=1S/C19H22N6O/c1-11-6-18(24-25-20)22-10-16(11)14-5-4-13-8-17(21-9-15(13)7-14)23-19(26)12-2-3-12/h4-9,12,17,21-22H,2-3,10H2,1H3,(H2,20,24)(H,23,26). The summed E-state index contributed by atoms with van der Waals surface area (Å²) in [6.45, 7) is 2.73. The first-order valence-electron chi connectivity index (χ1n) is 8.79. The highest BCUT2D eigenvalue weighted by atomic mass is 16.2. The van der Waals surface area contributed by atoms with Crippen molar-refractivity contribution in [1.82, 2.24) is 16.0 Å². The monoisotopic (exact) mass is 350 g/mol. The quantitative estimate of drug-likeness (QED) is 0.354. The first-order valence-corrected chi connectivity index (χ1v) is 8.79. The molecule has 1 unspecified atom stereocenters. The highest BCUT2D eigenvalue weighted by molar-refractivity contribution is 5.82. The normalized spacial score (nSPS) is 21.7. The molecular weight excluding hydrogens is 328 g/mol. The van der Waals surface area contributed by atoms with Crippen molar-refractivity contribution in [1.29, 1.82) is 0 Å². The lowest BCUT2D eigenvalue weighted by Gasteiger charge is -2.20. The zero-order valence-corrected chi connectivity index (χ0v) is 14.6. The summed E-state index contributed by atoms with van der Waals surface area (Å²) in [6, 6.07) is 6.36. The van der Waals surface area contributed by atoms with E-state index in [0.717, 1.165) is 34.4 Å². The molecule has 1 saturated carbocycles. The Kier molecular flexibility index (Phi) is 4.20. The van der Waals surface area contributed by atoms with Crippen molar-refractivity contribution in [3.8, 4) is 0 Å². The highest BCUT2D eigenvalue weighted by Crippen LogP contribution is 2.28. The second-order valence-corrected chi connectivity index (χ2v) is 6.84. The summed E-state index contributed by atoms with van der Waals surface area (Å²) in [6.07, 6.45) is 7.82. The van der Waals surface area contributed by atoms with Crippen molar-refractivity contribution in [3.63, 3.8) is 0 Å². The number of rotatable bonds is 4. The Bertz CT molecular complexity index is 955. The molecule has 1 aliphatic carbocycles. The number of allylic oxidation sites excluding steroid dienone is 2. The van der Waals surface area contributed by atoms with Gasteiger partial charge in [-0.05, 0) is 65.1 Å². The smallest absolute Gasteiger partial charge is 0.224 e. The minimum Gasteiger partial charge on any atom is -0.368 e. The maximum absolute atomic E-state index is 11.9. The number of hydrogen-bond acceptors (Lipinski definition) is 5. The molecule has 7 heteroatoms. The second kappa shape index (κ2) is 6.67. The molecular formula is C19H22N6O. The Hall–Kier alpha value is -3.09. The summed E-state index contributed by atoms with van der Waals surface area (Å²) >= 11 is 0. The molecule has 7 nitrogen and oxygen atoms in total. The summed E-state index contributed by atoms with van der Waals surface area (Å²) in [7, 11) is 0. The van der Waals surface area contributed by atoms with Crippen LogP contribution >= 0.6 is 0 Å². The van der Waals surface area contributed by atoms with Crippen LogP contribution in [0.4, 0.5) is 0 Å². The molecule has 1 aromatic rings. The molecule has 1 aromatic carbocycles. The van der Waals surface area contributed by atoms with E-state index in [0.29, 0.717) is 12.4 Å². The van der Waals surface area contributed by atoms with Crippen molar-refractivity contribution in [2.24, 2.45) is 22.1 Å². The van der Waals surface area contributed by atoms with E-state index < -0.39 is 0 Å². The van der Waals surface area contributed by atoms with Crippen LogP contribution in [0.5, 0.6) is 0 Å². The molecule has 5 N–H and O–H groups in total. The summed E-state index contributed by atoms with van der Waals surface area (Å²) in [5.74, 6) is 6.12. The molecule has 1 fully saturated rings. The van der Waals surface area contributed by atoms with Crippen molar-refractivity contribution in [2.45, 2.75) is 25.9 Å². The van der Waals surface area contributed by atoms with E-state index in [1.54, 1.807) is 0 Å². The Morgan fingerprint density at radius 1 is 1.31 bits per heavy atom. The van der Waals surface area contributed by atoms with Crippen LogP contribution in [0.3, 0.4) is 0 Å². The highest BCUT2D eigenvalue weighted by Gasteiger charge is 2.30. The summed E-state index contributed by atoms with van der Waals surface area (Å²) in [5, 5.41) is 18.9. The molecule has 0 bridgehead atoms. The van der Waals surface area contributed by atoms with Gasteiger partial charge in [0.25, 0.3) is 0 Å². The number of nitrogens with zero attached hydrogens (tertiary/aromatic N) is 2. The lowest BCUT2D eigenvalue weighted by atomic mass is 9.97. The largest absolute Gasteiger partial charge is 0.368 e. The van der Waals surface area contributed by atoms with E-state index in [9.17, 15) is 4.79 Å². The van der Waals surface area contributed by atoms with E-state index in [1.807, 2.05) is 12.3 Å². The topological polar surface area (TPSA) is 104 Å². The molecule has 0 radical (unpaired) electrons. The molecule has 3 aliphatic rings. The van der Waals surface area contributed by atoms with Crippen LogP contribution in [0.1, 0.15) is 25.3 Å². The van der Waals surface area contributed by atoms with Gasteiger partial charge in [0.15, 0.2) is 5.82 Å². The van der Waals surface area contributed by atoms with Gasteiger partial charge >= 0.3 is 0 Å². The molecule has 1 amide bonds. The van der Waals surface area contributed by atoms with Gasteiger partial charge in [-0.25, -0.2) is 0 Å². The zero-order valence-electron chi connectivity index (χ0n) is 14.6. The number of hydrogen-bond donors (Lipinski definition) is 4. The maximum atomic E-state index is 11.9. The van der Waals surface area contributed by atoms with Crippen LogP contribution in [0.2, 0.25) is 0 Å². The van der Waals surface area contributed by atoms with Gasteiger partial charge < -0.3 is 21.8 Å². The zero-order chi connectivity index (χ0) is 18.1. The van der Waals surface area contributed by atoms with E-state index in [1.165, 1.54) is 5.57 Å². The molecule has 134 valence electrons. The van der Waals surface area contributed by atoms with Gasteiger partial charge in [-0.2, -0.15) is 0 Å². The molecule has 2 aliphatic heterocycles. The predicted octanol–water partition coefficient (Wildman–Crippen LogP) is 0.205. The first kappa shape index (κ1) is 16.4. The Morgan fingerprint density at radius 2 is 2.15 bits per heavy atom. The number of dihydropyridines is 1. The van der Waals surface area contributed by atoms with Crippen LogP contribution in [0.15, 0.2) is 46.0 Å². The van der Waals surface area contributed by atoms with Gasteiger partial charge in [-0.3, -0.25) is 4.79 Å². The summed E-state index contributed by atoms with van der Waals surface area (Å²) in [5.41, 5.74) is 3.50. The molecule has 0 spiro atoms. The van der Waals surface area contributed by atoms with Gasteiger partial charge in [-0.15, -0.1) is 5.11 Å². The number of nitrogens with one attached hydrogen (secondary N) is 3. The third-order valence-electron chi connectivity index (χ3n) is 4.89. The minimum absolute atomic E-state index is 0.138. The van der Waals surface area contributed by atoms with Crippen LogP contribution < -0.4 is 32.2 Å². The number of benzene rings is 1. The minimum atomic E-state index is -0.147. The fraction of sp³-hybridized carbons (Fsp3) is 0.316. The average molecular weight is 350 g/mol. The average Bonchev–Trinajstić information content (AvgIpc) is 3.47. The van der Waals surface area contributed by atoms with Crippen LogP contribution in [-0.4, -0.2) is 18.6 Å². The summed E-state index contributed by atoms with van der Waals surface area (Å²) < 4.78 is 0. The number of amides is 1. The van der Waals surface area contributed by atoms with E-state index in [4.69, 9.17) is 5.84 Å². The Labute approximate surface area is 151 Å². The van der Waals surface area contributed by atoms with Crippen molar-refractivity contribution in [2.75, 3.05) is 6.54 Å². The number of carbonyl (C=O) groups is 1. The van der Waals surface area contributed by atoms with Gasteiger partial charge in [0, 0.05) is 18.7 Å². The lowest BCUT2D eigenvalue weighted by molar-refractivity contribution is -0.122. The van der Waals surface area contributed by atoms with Crippen LogP contribution in [0.25, 0.3) is 17.8 Å². The summed E-state index contributed by atoms with van der Waals surface area (Å²) in [4.78, 5) is 11.9. The molecule has 2 heterocycles. The van der Waals surface area contributed by atoms with Crippen molar-refractivity contribution >= 4 is 23.8 Å². The molecule has 26 heavy (non-hydrogen) atoms. The Balaban J connectivity index is 1.59. The van der Waals surface area contributed by atoms with E-state index in [-0.39, 0.29) is 18.0 Å². The van der Waals surface area contributed by atoms with Crippen LogP contribution in [0, 0.1) is 5.92 Å². The maximum Gasteiger partial charge on any atom is 0.224 e. The second-order valence-electron chi connectivity index (χ2n) is 6.84. The lowest BCUT2D eigenvalue weighted by Crippen LogP contribution is -2.48. The fourth-order valence-electron chi connectivity index (χ4n) is 3.26. The van der Waals surface area contributed by atoms with Gasteiger partial charge in [0.05, 0.1) is 0 Å². The van der Waals surface area contributed by atoms with Gasteiger partial charge in [-0.1, -0.05) is 17.4 Å². The van der Waals surface area contributed by atoms with E-state index in [2.05, 4.69) is 57.5 Å². The van der Waals surface area contributed by atoms with Crippen LogP contribution in [-0.2, 0) is 4.79 Å². The Morgan fingerprint density at radius 3 is 2.88 bits per heavy atom. The molecule has 0 saturated heterocycles. The number of nitrogens with two attached hydrogens (primary N) is 1. The SMILES string of the molecule is CC1=C(c2ccc3c(c2)=CNC(NC(=O)C2CC2)C=3)CNC(N=NN)=C1. The molecule has 0 aromatic heterocycles. The fourth-order valence-corrected chi connectivity index (χ4v) is 3.26. The first-order chi connectivity index (χ1) is 12.6. The van der Waals surface area contributed by atoms with Crippen molar-refractivity contribution < 1.29 is 4.79 Å². The third-order valence-corrected chi connectivity index (χ3v) is 4.89. The number of fused-ring (bicyclic) bond motifs is 1. The molecule has 1 atom stereocenters. The third kappa shape index (κ3) is 3.33. The predicted molar refractivity (Wildman–Crippen MR) is 100 cm³/mol. The van der Waals surface area contributed by atoms with E-state index >= 15 is 0 Å². The van der Waals surface area contributed by atoms with Crippen molar-refractivity contribution in [3.05, 3.63) is 51.7 Å². The van der Waals surface area contributed by atoms with Gasteiger partial charge in [0.2, 0.25) is 5.91 Å². The van der Waals surface area contributed by atoms with Gasteiger partial charge in [0.1, 0.15) is 6.17 Å².